The first-order chi connectivity index (χ1) is 4.00. The van der Waals surface area contributed by atoms with Crippen LogP contribution in [0.25, 0.3) is 0 Å². The SMILES string of the molecule is [C-]#N.[C-]#N.[C-]#N.[C-]#N.[Ir+3].[K+]. The summed E-state index contributed by atoms with van der Waals surface area (Å²) in [6.45, 7) is 19.0. The molecule has 0 bridgehead atoms. The van der Waals surface area contributed by atoms with Gasteiger partial charge in [0.1, 0.15) is 0 Å². The Labute approximate surface area is 117 Å². The van der Waals surface area contributed by atoms with Crippen molar-refractivity contribution in [3.05, 3.63) is 26.3 Å². The van der Waals surface area contributed by atoms with E-state index in [0.29, 0.717) is 0 Å². The van der Waals surface area contributed by atoms with Crippen molar-refractivity contribution in [2.45, 2.75) is 0 Å². The third-order valence-electron chi connectivity index (χ3n) is 0. The van der Waals surface area contributed by atoms with Gasteiger partial charge in [0.15, 0.2) is 0 Å². The minimum absolute atomic E-state index is 0. The predicted molar refractivity (Wildman–Crippen MR) is 19.9 cm³/mol. The van der Waals surface area contributed by atoms with E-state index in [4.69, 9.17) is 47.3 Å². The van der Waals surface area contributed by atoms with Crippen LogP contribution >= 0.6 is 0 Å². The van der Waals surface area contributed by atoms with Crippen molar-refractivity contribution in [3.8, 4) is 0 Å². The van der Waals surface area contributed by atoms with Gasteiger partial charge >= 0.3 is 71.5 Å². The first kappa shape index (κ1) is 48.6. The van der Waals surface area contributed by atoms with Crippen LogP contribution in [0.5, 0.6) is 0 Å². The van der Waals surface area contributed by atoms with Crippen LogP contribution in [0.1, 0.15) is 0 Å². The Morgan fingerprint density at radius 2 is 0.500 bits per heavy atom. The zero-order chi connectivity index (χ0) is 8.00. The second-order valence-corrected chi connectivity index (χ2v) is 0. The van der Waals surface area contributed by atoms with Crippen LogP contribution in [0.4, 0.5) is 0 Å². The Balaban J connectivity index is -0.00000000500. The molecule has 0 radical (unpaired) electrons. The molecule has 0 spiro atoms. The number of hydrogen-bond acceptors (Lipinski definition) is 4. The molecule has 0 unspecified atom stereocenters. The van der Waals surface area contributed by atoms with E-state index in [-0.39, 0.29) is 71.5 Å². The molecule has 0 aliphatic heterocycles. The Hall–Kier alpha value is 0.246. The van der Waals surface area contributed by atoms with Gasteiger partial charge in [-0.1, -0.05) is 0 Å². The van der Waals surface area contributed by atoms with E-state index in [1.807, 2.05) is 0 Å². The fraction of sp³-hybridized carbons (Fsp3) is 0. The third kappa shape index (κ3) is 7170. The first-order valence-corrected chi connectivity index (χ1v) is 0.894. The molecule has 0 atom stereocenters. The van der Waals surface area contributed by atoms with E-state index in [0.717, 1.165) is 0 Å². The summed E-state index contributed by atoms with van der Waals surface area (Å²) in [6.07, 6.45) is 0. The predicted octanol–water partition coefficient (Wildman–Crippen LogP) is -2.61. The quantitative estimate of drug-likeness (QED) is 0.358. The maximum Gasteiger partial charge on any atom is 3.00 e. The fourth-order valence-electron chi connectivity index (χ4n) is 0. The van der Waals surface area contributed by atoms with Crippen molar-refractivity contribution >= 4 is 0 Å². The summed E-state index contributed by atoms with van der Waals surface area (Å²) in [5, 5.41) is 25.0. The van der Waals surface area contributed by atoms with E-state index in [1.54, 1.807) is 0 Å². The van der Waals surface area contributed by atoms with Gasteiger partial charge in [0.25, 0.3) is 0 Å². The Kier molecular flexibility index (Phi) is 50600. The largest absolute Gasteiger partial charge is 3.00 e. The van der Waals surface area contributed by atoms with E-state index in [2.05, 4.69) is 0 Å². The van der Waals surface area contributed by atoms with Crippen molar-refractivity contribution in [2.75, 3.05) is 0 Å². The van der Waals surface area contributed by atoms with Gasteiger partial charge in [-0.3, -0.25) is 0 Å². The molecule has 0 aliphatic rings. The summed E-state index contributed by atoms with van der Waals surface area (Å²) in [5.74, 6) is 0. The van der Waals surface area contributed by atoms with Crippen molar-refractivity contribution in [2.24, 2.45) is 0 Å². The third-order valence-corrected chi connectivity index (χ3v) is 0. The molecular formula is C4IrKN4. The molecule has 0 rings (SSSR count). The van der Waals surface area contributed by atoms with Crippen molar-refractivity contribution in [3.63, 3.8) is 0 Å². The van der Waals surface area contributed by atoms with Crippen LogP contribution in [0.15, 0.2) is 0 Å². The zero-order valence-electron chi connectivity index (χ0n) is 5.12. The molecule has 4 nitrogen and oxygen atoms in total. The molecule has 0 aromatic rings. The second kappa shape index (κ2) is 10400. The van der Waals surface area contributed by atoms with Gasteiger partial charge < -0.3 is 47.3 Å². The van der Waals surface area contributed by atoms with Crippen LogP contribution in [-0.4, -0.2) is 0 Å². The molecule has 0 heterocycles. The van der Waals surface area contributed by atoms with E-state index >= 15 is 0 Å². The Morgan fingerprint density at radius 1 is 0.500 bits per heavy atom. The van der Waals surface area contributed by atoms with Gasteiger partial charge in [-0.05, 0) is 0 Å². The van der Waals surface area contributed by atoms with Crippen LogP contribution in [0.3, 0.4) is 0 Å². The zero-order valence-corrected chi connectivity index (χ0v) is 10.6. The number of hydrogen-bond donors (Lipinski definition) is 0. The Bertz CT molecular complexity index is 60.2. The maximum atomic E-state index is 6.25. The number of nitrogens with zero attached hydrogens (tertiary/aromatic N) is 4. The average molecular weight is 335 g/mol. The molecule has 10 heavy (non-hydrogen) atoms. The van der Waals surface area contributed by atoms with E-state index in [1.165, 1.54) is 0 Å². The molecule has 0 aromatic carbocycles. The summed E-state index contributed by atoms with van der Waals surface area (Å²) in [7, 11) is 0. The summed E-state index contributed by atoms with van der Waals surface area (Å²) >= 11 is 0. The van der Waals surface area contributed by atoms with Crippen LogP contribution in [0.2, 0.25) is 0 Å². The minimum atomic E-state index is 0. The molecule has 0 aliphatic carbocycles. The summed E-state index contributed by atoms with van der Waals surface area (Å²) in [4.78, 5) is 0. The molecule has 0 saturated heterocycles. The molecule has 0 N–H and O–H groups in total. The maximum absolute atomic E-state index is 6.25. The molecule has 46 valence electrons. The van der Waals surface area contributed by atoms with Gasteiger partial charge in [-0.15, -0.1) is 0 Å². The van der Waals surface area contributed by atoms with Crippen LogP contribution in [0, 0.1) is 47.3 Å². The van der Waals surface area contributed by atoms with Gasteiger partial charge in [-0.2, -0.15) is 0 Å². The van der Waals surface area contributed by atoms with Crippen LogP contribution in [-0.2, 0) is 20.1 Å². The second-order valence-electron chi connectivity index (χ2n) is 0. The minimum Gasteiger partial charge on any atom is -0.512 e. The smallest absolute Gasteiger partial charge is 0.512 e. The van der Waals surface area contributed by atoms with Gasteiger partial charge in [0.2, 0.25) is 0 Å². The monoisotopic (exact) mass is 336 g/mol. The van der Waals surface area contributed by atoms with Crippen molar-refractivity contribution < 1.29 is 71.5 Å². The van der Waals surface area contributed by atoms with E-state index in [9.17, 15) is 0 Å². The molecule has 0 saturated carbocycles. The molecule has 6 heteroatoms. The molecule has 0 amide bonds. The van der Waals surface area contributed by atoms with Crippen molar-refractivity contribution in [1.82, 2.24) is 0 Å². The fourth-order valence-corrected chi connectivity index (χ4v) is 0. The number of rotatable bonds is 0. The topological polar surface area (TPSA) is 95.2 Å². The molecular weight excluding hydrogens is 335 g/mol. The van der Waals surface area contributed by atoms with Gasteiger partial charge in [0, 0.05) is 0 Å². The van der Waals surface area contributed by atoms with Crippen LogP contribution < -0.4 is 51.4 Å². The Morgan fingerprint density at radius 3 is 0.500 bits per heavy atom. The summed E-state index contributed by atoms with van der Waals surface area (Å²) in [6, 6.07) is 0. The first-order valence-electron chi connectivity index (χ1n) is 0.894. The summed E-state index contributed by atoms with van der Waals surface area (Å²) < 4.78 is 0. The molecule has 0 fully saturated rings. The van der Waals surface area contributed by atoms with E-state index < -0.39 is 0 Å². The standard InChI is InChI=1S/4CN.Ir.K/c4*1-2;;/q4*-1;+3;+1. The van der Waals surface area contributed by atoms with Gasteiger partial charge in [0.05, 0.1) is 0 Å². The average Bonchev–Trinajstić information content (AvgIpc) is 2.03. The van der Waals surface area contributed by atoms with Crippen molar-refractivity contribution in [1.29, 1.82) is 21.0 Å². The molecule has 0 aromatic heterocycles. The summed E-state index contributed by atoms with van der Waals surface area (Å²) in [5.41, 5.74) is 0. The normalized spacial score (nSPS) is 0.800. The van der Waals surface area contributed by atoms with Gasteiger partial charge in [-0.25, -0.2) is 0 Å².